The largest absolute Gasteiger partial charge is 0.352 e. The van der Waals surface area contributed by atoms with Crippen molar-refractivity contribution < 1.29 is 14.0 Å². The van der Waals surface area contributed by atoms with E-state index in [2.05, 4.69) is 10.6 Å². The second-order valence-corrected chi connectivity index (χ2v) is 5.55. The van der Waals surface area contributed by atoms with Gasteiger partial charge in [-0.3, -0.25) is 14.5 Å². The first kappa shape index (κ1) is 16.4. The summed E-state index contributed by atoms with van der Waals surface area (Å²) in [4.78, 5) is 25.4. The molecule has 22 heavy (non-hydrogen) atoms. The van der Waals surface area contributed by atoms with Gasteiger partial charge in [-0.2, -0.15) is 0 Å². The van der Waals surface area contributed by atoms with Crippen LogP contribution in [0.15, 0.2) is 24.3 Å². The molecule has 0 spiro atoms. The third kappa shape index (κ3) is 5.81. The maximum Gasteiger partial charge on any atom is 0.234 e. The van der Waals surface area contributed by atoms with Gasteiger partial charge in [-0.15, -0.1) is 0 Å². The summed E-state index contributed by atoms with van der Waals surface area (Å²) in [7, 11) is 0. The van der Waals surface area contributed by atoms with Gasteiger partial charge in [0.2, 0.25) is 11.8 Å². The van der Waals surface area contributed by atoms with Crippen molar-refractivity contribution in [3.8, 4) is 0 Å². The second-order valence-electron chi connectivity index (χ2n) is 5.55. The Labute approximate surface area is 129 Å². The molecular weight excluding hydrogens is 285 g/mol. The molecule has 0 saturated heterocycles. The van der Waals surface area contributed by atoms with Gasteiger partial charge in [0.15, 0.2) is 0 Å². The standard InChI is InChI=1S/C16H22FN3O2/c1-2-20(11-16(22)19-14-7-8-14)10-15(21)18-9-12-3-5-13(17)6-4-12/h3-6,14H,2,7-11H2,1H3,(H,18,21)(H,19,22). The highest BCUT2D eigenvalue weighted by Crippen LogP contribution is 2.18. The lowest BCUT2D eigenvalue weighted by Gasteiger charge is -2.19. The number of carbonyl (C=O) groups excluding carboxylic acids is 2. The maximum absolute atomic E-state index is 12.8. The fourth-order valence-corrected chi connectivity index (χ4v) is 2.05. The molecule has 1 aliphatic carbocycles. The number of hydrogen-bond acceptors (Lipinski definition) is 3. The number of nitrogens with one attached hydrogen (secondary N) is 2. The molecule has 0 radical (unpaired) electrons. The molecule has 5 nitrogen and oxygen atoms in total. The lowest BCUT2D eigenvalue weighted by molar-refractivity contribution is -0.125. The van der Waals surface area contributed by atoms with Gasteiger partial charge in [0.05, 0.1) is 13.1 Å². The average Bonchev–Trinajstić information content (AvgIpc) is 3.29. The van der Waals surface area contributed by atoms with E-state index in [4.69, 9.17) is 0 Å². The third-order valence-electron chi connectivity index (χ3n) is 3.53. The topological polar surface area (TPSA) is 61.4 Å². The van der Waals surface area contributed by atoms with Gasteiger partial charge in [0, 0.05) is 12.6 Å². The van der Waals surface area contributed by atoms with Crippen molar-refractivity contribution >= 4 is 11.8 Å². The van der Waals surface area contributed by atoms with Gasteiger partial charge >= 0.3 is 0 Å². The van der Waals surface area contributed by atoms with Crippen molar-refractivity contribution in [1.82, 2.24) is 15.5 Å². The van der Waals surface area contributed by atoms with E-state index in [1.165, 1.54) is 12.1 Å². The van der Waals surface area contributed by atoms with Crippen molar-refractivity contribution in [3.05, 3.63) is 35.6 Å². The Kier molecular flexibility index (Phi) is 5.89. The predicted octanol–water partition coefficient (Wildman–Crippen LogP) is 1.04. The summed E-state index contributed by atoms with van der Waals surface area (Å²) in [5, 5.41) is 5.68. The number of amides is 2. The number of nitrogens with zero attached hydrogens (tertiary/aromatic N) is 1. The van der Waals surface area contributed by atoms with E-state index in [9.17, 15) is 14.0 Å². The van der Waals surface area contributed by atoms with E-state index in [0.29, 0.717) is 19.1 Å². The van der Waals surface area contributed by atoms with Gasteiger partial charge in [-0.05, 0) is 37.1 Å². The molecule has 1 saturated carbocycles. The zero-order valence-electron chi connectivity index (χ0n) is 12.8. The summed E-state index contributed by atoms with van der Waals surface area (Å²) in [5.74, 6) is -0.477. The molecule has 0 atom stereocenters. The van der Waals surface area contributed by atoms with Crippen molar-refractivity contribution in [3.63, 3.8) is 0 Å². The highest BCUT2D eigenvalue weighted by molar-refractivity contribution is 5.81. The molecule has 1 fully saturated rings. The first-order valence-electron chi connectivity index (χ1n) is 7.59. The summed E-state index contributed by atoms with van der Waals surface area (Å²) < 4.78 is 12.8. The quantitative estimate of drug-likeness (QED) is 0.754. The van der Waals surface area contributed by atoms with Crippen LogP contribution in [0.5, 0.6) is 0 Å². The zero-order chi connectivity index (χ0) is 15.9. The van der Waals surface area contributed by atoms with Crippen LogP contribution in [0.2, 0.25) is 0 Å². The van der Waals surface area contributed by atoms with Gasteiger partial charge < -0.3 is 10.6 Å². The molecular formula is C16H22FN3O2. The van der Waals surface area contributed by atoms with E-state index >= 15 is 0 Å². The first-order chi connectivity index (χ1) is 10.6. The van der Waals surface area contributed by atoms with Crippen LogP contribution < -0.4 is 10.6 Å². The molecule has 0 aliphatic heterocycles. The van der Waals surface area contributed by atoms with E-state index in [-0.39, 0.29) is 30.7 Å². The minimum Gasteiger partial charge on any atom is -0.352 e. The normalized spacial score (nSPS) is 14.0. The fourth-order valence-electron chi connectivity index (χ4n) is 2.05. The van der Waals surface area contributed by atoms with Crippen LogP contribution in [0.3, 0.4) is 0 Å². The van der Waals surface area contributed by atoms with Gasteiger partial charge in [-0.1, -0.05) is 19.1 Å². The van der Waals surface area contributed by atoms with Crippen molar-refractivity contribution in [2.45, 2.75) is 32.4 Å². The molecule has 2 N–H and O–H groups in total. The van der Waals surface area contributed by atoms with Gasteiger partial charge in [0.25, 0.3) is 0 Å². The Hall–Kier alpha value is -1.95. The minimum atomic E-state index is -0.297. The summed E-state index contributed by atoms with van der Waals surface area (Å²) >= 11 is 0. The Morgan fingerprint density at radius 1 is 1.18 bits per heavy atom. The maximum atomic E-state index is 12.8. The number of rotatable bonds is 8. The van der Waals surface area contributed by atoms with Crippen LogP contribution in [-0.4, -0.2) is 42.4 Å². The molecule has 1 aromatic rings. The number of benzene rings is 1. The monoisotopic (exact) mass is 307 g/mol. The Bertz CT molecular complexity index is 515. The van der Waals surface area contributed by atoms with E-state index in [0.717, 1.165) is 18.4 Å². The van der Waals surface area contributed by atoms with E-state index < -0.39 is 0 Å². The van der Waals surface area contributed by atoms with Crippen LogP contribution >= 0.6 is 0 Å². The van der Waals surface area contributed by atoms with Crippen molar-refractivity contribution in [1.29, 1.82) is 0 Å². The zero-order valence-corrected chi connectivity index (χ0v) is 12.8. The number of halogens is 1. The molecule has 0 aromatic heterocycles. The van der Waals surface area contributed by atoms with Crippen molar-refractivity contribution in [2.75, 3.05) is 19.6 Å². The molecule has 0 heterocycles. The van der Waals surface area contributed by atoms with Crippen LogP contribution in [0.1, 0.15) is 25.3 Å². The average molecular weight is 307 g/mol. The summed E-state index contributed by atoms with van der Waals surface area (Å²) in [5.41, 5.74) is 0.837. The smallest absolute Gasteiger partial charge is 0.234 e. The lowest BCUT2D eigenvalue weighted by Crippen LogP contribution is -2.43. The van der Waals surface area contributed by atoms with Gasteiger partial charge in [-0.25, -0.2) is 4.39 Å². The number of carbonyl (C=O) groups is 2. The summed E-state index contributed by atoms with van der Waals surface area (Å²) in [6, 6.07) is 6.33. The van der Waals surface area contributed by atoms with Crippen molar-refractivity contribution in [2.24, 2.45) is 0 Å². The highest BCUT2D eigenvalue weighted by atomic mass is 19.1. The van der Waals surface area contributed by atoms with E-state index in [1.807, 2.05) is 6.92 Å². The molecule has 1 aromatic carbocycles. The van der Waals surface area contributed by atoms with Crippen LogP contribution in [-0.2, 0) is 16.1 Å². The molecule has 6 heteroatoms. The lowest BCUT2D eigenvalue weighted by atomic mass is 10.2. The number of hydrogen-bond donors (Lipinski definition) is 2. The predicted molar refractivity (Wildman–Crippen MR) is 81.5 cm³/mol. The molecule has 0 unspecified atom stereocenters. The number of likely N-dealkylation sites (N-methyl/N-ethyl adjacent to an activating group) is 1. The molecule has 0 bridgehead atoms. The van der Waals surface area contributed by atoms with E-state index in [1.54, 1.807) is 17.0 Å². The highest BCUT2D eigenvalue weighted by Gasteiger charge is 2.24. The molecule has 2 amide bonds. The SMILES string of the molecule is CCN(CC(=O)NCc1ccc(F)cc1)CC(=O)NC1CC1. The minimum absolute atomic E-state index is 0.0318. The Morgan fingerprint density at radius 2 is 1.82 bits per heavy atom. The fraction of sp³-hybridized carbons (Fsp3) is 0.500. The summed E-state index contributed by atoms with van der Waals surface area (Å²) in [6.07, 6.45) is 2.10. The first-order valence-corrected chi connectivity index (χ1v) is 7.59. The Morgan fingerprint density at radius 3 is 2.41 bits per heavy atom. The van der Waals surface area contributed by atoms with Crippen LogP contribution in [0.25, 0.3) is 0 Å². The van der Waals surface area contributed by atoms with Crippen LogP contribution in [0, 0.1) is 5.82 Å². The van der Waals surface area contributed by atoms with Gasteiger partial charge in [0.1, 0.15) is 5.82 Å². The third-order valence-corrected chi connectivity index (χ3v) is 3.53. The second kappa shape index (κ2) is 7.89. The molecule has 1 aliphatic rings. The molecule has 2 rings (SSSR count). The summed E-state index contributed by atoms with van der Waals surface area (Å²) in [6.45, 7) is 3.30. The Balaban J connectivity index is 1.71. The van der Waals surface area contributed by atoms with Crippen LogP contribution in [0.4, 0.5) is 4.39 Å². The molecule has 120 valence electrons.